The summed E-state index contributed by atoms with van der Waals surface area (Å²) in [4.78, 5) is 39.5. The summed E-state index contributed by atoms with van der Waals surface area (Å²) in [6.07, 6.45) is 1.83. The molecule has 1 aliphatic heterocycles. The van der Waals surface area contributed by atoms with Crippen molar-refractivity contribution in [2.24, 2.45) is 0 Å². The van der Waals surface area contributed by atoms with Gasteiger partial charge in [-0.15, -0.1) is 0 Å². The minimum absolute atomic E-state index is 0.0174. The van der Waals surface area contributed by atoms with Gasteiger partial charge in [-0.1, -0.05) is 54.6 Å². The van der Waals surface area contributed by atoms with Gasteiger partial charge >= 0.3 is 6.03 Å². The van der Waals surface area contributed by atoms with E-state index in [-0.39, 0.29) is 30.8 Å². The third-order valence-electron chi connectivity index (χ3n) is 5.33. The predicted octanol–water partition coefficient (Wildman–Crippen LogP) is 2.66. The van der Waals surface area contributed by atoms with Crippen LogP contribution in [0, 0.1) is 0 Å². The van der Waals surface area contributed by atoms with Crippen molar-refractivity contribution >= 4 is 17.8 Å². The van der Waals surface area contributed by atoms with Crippen LogP contribution in [0.3, 0.4) is 0 Å². The SMILES string of the molecule is CN(Cc1ccccc1)C(=O)CCNC(=O)NCc1ccc(CN2CCCC2=O)cc1. The molecule has 2 N–H and O–H groups in total. The smallest absolute Gasteiger partial charge is 0.315 e. The topological polar surface area (TPSA) is 81.8 Å². The number of nitrogens with one attached hydrogen (secondary N) is 2. The Bertz CT molecular complexity index is 883. The molecule has 3 rings (SSSR count). The number of likely N-dealkylation sites (tertiary alicyclic amines) is 1. The van der Waals surface area contributed by atoms with Crippen molar-refractivity contribution in [1.29, 1.82) is 0 Å². The highest BCUT2D eigenvalue weighted by atomic mass is 16.2. The first-order valence-electron chi connectivity index (χ1n) is 10.7. The van der Waals surface area contributed by atoms with Crippen LogP contribution in [0.4, 0.5) is 4.79 Å². The van der Waals surface area contributed by atoms with E-state index >= 15 is 0 Å². The first kappa shape index (κ1) is 22.3. The molecule has 0 bridgehead atoms. The highest BCUT2D eigenvalue weighted by Crippen LogP contribution is 2.14. The first-order chi connectivity index (χ1) is 15.0. The second-order valence-electron chi connectivity index (χ2n) is 7.83. The summed E-state index contributed by atoms with van der Waals surface area (Å²) in [5.41, 5.74) is 3.13. The Hall–Kier alpha value is -3.35. The van der Waals surface area contributed by atoms with Crippen molar-refractivity contribution in [3.05, 3.63) is 71.3 Å². The number of hydrogen-bond donors (Lipinski definition) is 2. The third-order valence-corrected chi connectivity index (χ3v) is 5.33. The van der Waals surface area contributed by atoms with E-state index in [1.54, 1.807) is 11.9 Å². The van der Waals surface area contributed by atoms with Gasteiger partial charge in [0.15, 0.2) is 0 Å². The maximum atomic E-state index is 12.2. The van der Waals surface area contributed by atoms with Crippen LogP contribution < -0.4 is 10.6 Å². The Morgan fingerprint density at radius 1 is 0.968 bits per heavy atom. The Balaban J connectivity index is 1.32. The summed E-state index contributed by atoms with van der Waals surface area (Å²) >= 11 is 0. The monoisotopic (exact) mass is 422 g/mol. The quantitative estimate of drug-likeness (QED) is 0.652. The Morgan fingerprint density at radius 3 is 2.35 bits per heavy atom. The molecule has 1 fully saturated rings. The number of hydrogen-bond acceptors (Lipinski definition) is 3. The fourth-order valence-corrected chi connectivity index (χ4v) is 3.52. The normalized spacial score (nSPS) is 13.2. The van der Waals surface area contributed by atoms with Crippen LogP contribution in [0.2, 0.25) is 0 Å². The minimum Gasteiger partial charge on any atom is -0.341 e. The Labute approximate surface area is 183 Å². The second-order valence-corrected chi connectivity index (χ2v) is 7.83. The number of urea groups is 1. The highest BCUT2D eigenvalue weighted by molar-refractivity contribution is 5.78. The second kappa shape index (κ2) is 11.2. The first-order valence-corrected chi connectivity index (χ1v) is 10.7. The summed E-state index contributed by atoms with van der Waals surface area (Å²) in [6, 6.07) is 17.4. The van der Waals surface area contributed by atoms with Crippen LogP contribution in [0.15, 0.2) is 54.6 Å². The van der Waals surface area contributed by atoms with Gasteiger partial charge < -0.3 is 20.4 Å². The molecule has 164 valence electrons. The number of benzene rings is 2. The van der Waals surface area contributed by atoms with E-state index in [2.05, 4.69) is 10.6 Å². The maximum absolute atomic E-state index is 12.2. The average Bonchev–Trinajstić information content (AvgIpc) is 3.18. The van der Waals surface area contributed by atoms with Crippen LogP contribution in [-0.4, -0.2) is 47.8 Å². The molecule has 0 aliphatic carbocycles. The summed E-state index contributed by atoms with van der Waals surface area (Å²) in [5, 5.41) is 5.53. The average molecular weight is 423 g/mol. The lowest BCUT2D eigenvalue weighted by Crippen LogP contribution is -2.37. The van der Waals surface area contributed by atoms with Crippen LogP contribution in [-0.2, 0) is 29.2 Å². The van der Waals surface area contributed by atoms with Crippen LogP contribution in [0.25, 0.3) is 0 Å². The molecule has 2 aromatic rings. The molecule has 0 aromatic heterocycles. The van der Waals surface area contributed by atoms with Gasteiger partial charge in [-0.05, 0) is 23.1 Å². The van der Waals surface area contributed by atoms with Gasteiger partial charge in [-0.25, -0.2) is 4.79 Å². The van der Waals surface area contributed by atoms with E-state index in [1.807, 2.05) is 59.5 Å². The van der Waals surface area contributed by atoms with E-state index in [0.717, 1.165) is 29.7 Å². The Morgan fingerprint density at radius 2 is 1.68 bits per heavy atom. The highest BCUT2D eigenvalue weighted by Gasteiger charge is 2.19. The van der Waals surface area contributed by atoms with Crippen molar-refractivity contribution in [1.82, 2.24) is 20.4 Å². The van der Waals surface area contributed by atoms with Crippen LogP contribution in [0.5, 0.6) is 0 Å². The largest absolute Gasteiger partial charge is 0.341 e. The van der Waals surface area contributed by atoms with Gasteiger partial charge in [-0.2, -0.15) is 0 Å². The van der Waals surface area contributed by atoms with E-state index < -0.39 is 0 Å². The summed E-state index contributed by atoms with van der Waals surface area (Å²) in [7, 11) is 1.76. The number of carbonyl (C=O) groups is 3. The molecular formula is C24H30N4O3. The zero-order chi connectivity index (χ0) is 22.1. The van der Waals surface area contributed by atoms with Crippen molar-refractivity contribution < 1.29 is 14.4 Å². The van der Waals surface area contributed by atoms with Crippen LogP contribution >= 0.6 is 0 Å². The minimum atomic E-state index is -0.301. The van der Waals surface area contributed by atoms with Gasteiger partial charge in [0.05, 0.1) is 0 Å². The standard InChI is InChI=1S/C24H30N4O3/c1-27(17-20-6-3-2-4-7-20)22(29)13-14-25-24(31)26-16-19-9-11-21(12-10-19)18-28-15-5-8-23(28)30/h2-4,6-7,9-12H,5,8,13-18H2,1H3,(H2,25,26,31). The molecule has 0 spiro atoms. The molecule has 31 heavy (non-hydrogen) atoms. The third kappa shape index (κ3) is 7.13. The fraction of sp³-hybridized carbons (Fsp3) is 0.375. The van der Waals surface area contributed by atoms with E-state index in [9.17, 15) is 14.4 Å². The van der Waals surface area contributed by atoms with E-state index in [4.69, 9.17) is 0 Å². The molecule has 0 saturated carbocycles. The maximum Gasteiger partial charge on any atom is 0.315 e. The molecule has 1 saturated heterocycles. The van der Waals surface area contributed by atoms with Gasteiger partial charge in [0.1, 0.15) is 0 Å². The zero-order valence-electron chi connectivity index (χ0n) is 18.0. The molecule has 1 heterocycles. The van der Waals surface area contributed by atoms with Crippen molar-refractivity contribution in [3.63, 3.8) is 0 Å². The van der Waals surface area contributed by atoms with E-state index in [0.29, 0.717) is 26.1 Å². The van der Waals surface area contributed by atoms with Crippen molar-refractivity contribution in [3.8, 4) is 0 Å². The molecule has 1 aliphatic rings. The predicted molar refractivity (Wildman–Crippen MR) is 119 cm³/mol. The number of amides is 4. The molecule has 0 radical (unpaired) electrons. The summed E-state index contributed by atoms with van der Waals surface area (Å²) < 4.78 is 0. The lowest BCUT2D eigenvalue weighted by molar-refractivity contribution is -0.130. The molecular weight excluding hydrogens is 392 g/mol. The van der Waals surface area contributed by atoms with Crippen molar-refractivity contribution in [2.45, 2.75) is 38.9 Å². The number of nitrogens with zero attached hydrogens (tertiary/aromatic N) is 2. The molecule has 0 unspecified atom stereocenters. The van der Waals surface area contributed by atoms with Gasteiger partial charge in [0, 0.05) is 52.6 Å². The summed E-state index contributed by atoms with van der Waals surface area (Å²) in [5.74, 6) is 0.198. The zero-order valence-corrected chi connectivity index (χ0v) is 18.0. The molecule has 4 amide bonds. The van der Waals surface area contributed by atoms with Crippen molar-refractivity contribution in [2.75, 3.05) is 20.1 Å². The molecule has 2 aromatic carbocycles. The lowest BCUT2D eigenvalue weighted by atomic mass is 10.1. The fourth-order valence-electron chi connectivity index (χ4n) is 3.52. The molecule has 7 nitrogen and oxygen atoms in total. The lowest BCUT2D eigenvalue weighted by Gasteiger charge is -2.17. The van der Waals surface area contributed by atoms with Gasteiger partial charge in [-0.3, -0.25) is 9.59 Å². The molecule has 0 atom stereocenters. The van der Waals surface area contributed by atoms with Gasteiger partial charge in [0.2, 0.25) is 11.8 Å². The van der Waals surface area contributed by atoms with E-state index in [1.165, 1.54) is 0 Å². The molecule has 7 heteroatoms. The Kier molecular flexibility index (Phi) is 8.04. The number of rotatable bonds is 9. The van der Waals surface area contributed by atoms with Gasteiger partial charge in [0.25, 0.3) is 0 Å². The number of carbonyl (C=O) groups excluding carboxylic acids is 3. The summed E-state index contributed by atoms with van der Waals surface area (Å²) in [6.45, 7) is 2.70. The van der Waals surface area contributed by atoms with Crippen LogP contribution in [0.1, 0.15) is 36.0 Å².